The lowest BCUT2D eigenvalue weighted by Crippen LogP contribution is -2.16. The molecule has 94 valence electrons. The summed E-state index contributed by atoms with van der Waals surface area (Å²) in [5.41, 5.74) is 1.81. The molecule has 1 N–H and O–H groups in total. The molecule has 0 saturated heterocycles. The number of aliphatic imine (C=N–C) groups is 1. The van der Waals surface area contributed by atoms with Crippen LogP contribution in [-0.2, 0) is 6.42 Å². The van der Waals surface area contributed by atoms with E-state index in [2.05, 4.69) is 11.9 Å². The van der Waals surface area contributed by atoms with Gasteiger partial charge in [0.05, 0.1) is 17.0 Å². The second-order valence-corrected chi connectivity index (χ2v) is 4.42. The minimum atomic E-state index is 0.115. The zero-order valence-electron chi connectivity index (χ0n) is 10.6. The third kappa shape index (κ3) is 3.93. The van der Waals surface area contributed by atoms with Crippen LogP contribution in [-0.4, -0.2) is 29.9 Å². The molecule has 0 fully saturated rings. The molecule has 0 bridgehead atoms. The highest BCUT2D eigenvalue weighted by Crippen LogP contribution is 2.32. The van der Waals surface area contributed by atoms with E-state index in [0.717, 1.165) is 30.6 Å². The first-order chi connectivity index (χ1) is 8.08. The van der Waals surface area contributed by atoms with Crippen molar-refractivity contribution in [2.75, 3.05) is 13.6 Å². The van der Waals surface area contributed by atoms with Crippen molar-refractivity contribution < 1.29 is 5.11 Å². The second kappa shape index (κ2) is 6.50. The number of hydrogen-bond donors (Lipinski definition) is 1. The molecule has 0 spiro atoms. The van der Waals surface area contributed by atoms with Gasteiger partial charge in [0.1, 0.15) is 5.75 Å². The first-order valence-corrected chi connectivity index (χ1v) is 6.22. The van der Waals surface area contributed by atoms with Crippen LogP contribution < -0.4 is 0 Å². The van der Waals surface area contributed by atoms with Gasteiger partial charge in [-0.2, -0.15) is 0 Å². The van der Waals surface area contributed by atoms with Crippen molar-refractivity contribution in [1.82, 2.24) is 4.90 Å². The highest BCUT2D eigenvalue weighted by atomic mass is 35.5. The summed E-state index contributed by atoms with van der Waals surface area (Å²) in [5, 5.41) is 9.86. The summed E-state index contributed by atoms with van der Waals surface area (Å²) >= 11 is 5.88. The van der Waals surface area contributed by atoms with Crippen LogP contribution in [0.3, 0.4) is 0 Å². The third-order valence-electron chi connectivity index (χ3n) is 2.50. The largest absolute Gasteiger partial charge is 0.506 e. The molecule has 3 nitrogen and oxygen atoms in total. The van der Waals surface area contributed by atoms with Crippen molar-refractivity contribution in [3.8, 4) is 5.75 Å². The quantitative estimate of drug-likeness (QED) is 0.644. The van der Waals surface area contributed by atoms with Gasteiger partial charge < -0.3 is 10.0 Å². The maximum absolute atomic E-state index is 9.52. The highest BCUT2D eigenvalue weighted by Gasteiger charge is 2.05. The number of hydrogen-bond acceptors (Lipinski definition) is 2. The standard InChI is InChI=1S/C13H19ClN2O/c1-4-6-16(3)9-15-12-8-11(14)13(17)7-10(12)5-2/h7-9,17H,4-6H2,1-3H3. The number of phenols is 1. The summed E-state index contributed by atoms with van der Waals surface area (Å²) in [7, 11) is 1.99. The van der Waals surface area contributed by atoms with Gasteiger partial charge in [0.15, 0.2) is 0 Å². The van der Waals surface area contributed by atoms with Crippen LogP contribution >= 0.6 is 11.6 Å². The number of benzene rings is 1. The van der Waals surface area contributed by atoms with Gasteiger partial charge in [-0.05, 0) is 30.5 Å². The lowest BCUT2D eigenvalue weighted by atomic mass is 10.1. The minimum Gasteiger partial charge on any atom is -0.506 e. The minimum absolute atomic E-state index is 0.115. The lowest BCUT2D eigenvalue weighted by molar-refractivity contribution is 0.475. The first-order valence-electron chi connectivity index (χ1n) is 5.84. The van der Waals surface area contributed by atoms with E-state index in [9.17, 15) is 5.11 Å². The van der Waals surface area contributed by atoms with Gasteiger partial charge >= 0.3 is 0 Å². The monoisotopic (exact) mass is 254 g/mol. The van der Waals surface area contributed by atoms with E-state index in [1.807, 2.05) is 18.9 Å². The molecule has 0 heterocycles. The molecular formula is C13H19ClN2O. The summed E-state index contributed by atoms with van der Waals surface area (Å²) < 4.78 is 0. The van der Waals surface area contributed by atoms with Crippen molar-refractivity contribution >= 4 is 23.6 Å². The zero-order chi connectivity index (χ0) is 12.8. The molecular weight excluding hydrogens is 236 g/mol. The molecule has 4 heteroatoms. The Hall–Kier alpha value is -1.22. The van der Waals surface area contributed by atoms with Gasteiger partial charge in [-0.1, -0.05) is 25.4 Å². The molecule has 1 rings (SSSR count). The predicted molar refractivity (Wildman–Crippen MR) is 73.6 cm³/mol. The number of nitrogens with zero attached hydrogens (tertiary/aromatic N) is 2. The van der Waals surface area contributed by atoms with Crippen LogP contribution in [0.25, 0.3) is 0 Å². The number of aryl methyl sites for hydroxylation is 1. The van der Waals surface area contributed by atoms with E-state index in [4.69, 9.17) is 11.6 Å². The fourth-order valence-electron chi connectivity index (χ4n) is 1.57. The molecule has 0 atom stereocenters. The lowest BCUT2D eigenvalue weighted by Gasteiger charge is -2.11. The Morgan fingerprint density at radius 3 is 2.71 bits per heavy atom. The van der Waals surface area contributed by atoms with Gasteiger partial charge in [0, 0.05) is 13.6 Å². The number of rotatable bonds is 5. The van der Waals surface area contributed by atoms with Gasteiger partial charge in [-0.15, -0.1) is 0 Å². The van der Waals surface area contributed by atoms with Gasteiger partial charge in [0.25, 0.3) is 0 Å². The molecule has 17 heavy (non-hydrogen) atoms. The van der Waals surface area contributed by atoms with Crippen LogP contribution in [0.15, 0.2) is 17.1 Å². The topological polar surface area (TPSA) is 35.8 Å². The highest BCUT2D eigenvalue weighted by molar-refractivity contribution is 6.32. The average molecular weight is 255 g/mol. The SMILES string of the molecule is CCCN(C)C=Nc1cc(Cl)c(O)cc1CC. The molecule has 0 amide bonds. The molecule has 0 aromatic heterocycles. The predicted octanol–water partition coefficient (Wildman–Crippen LogP) is 3.61. The van der Waals surface area contributed by atoms with Gasteiger partial charge in [0.2, 0.25) is 0 Å². The summed E-state index contributed by atoms with van der Waals surface area (Å²) in [6, 6.07) is 3.38. The molecule has 0 unspecified atom stereocenters. The Bertz CT molecular complexity index is 405. The van der Waals surface area contributed by atoms with E-state index in [1.54, 1.807) is 18.5 Å². The Balaban J connectivity index is 2.93. The van der Waals surface area contributed by atoms with E-state index >= 15 is 0 Å². The maximum Gasteiger partial charge on any atom is 0.134 e. The summed E-state index contributed by atoms with van der Waals surface area (Å²) in [5.74, 6) is 0.115. The summed E-state index contributed by atoms with van der Waals surface area (Å²) in [6.45, 7) is 5.12. The van der Waals surface area contributed by atoms with Crippen LogP contribution in [0.4, 0.5) is 5.69 Å². The second-order valence-electron chi connectivity index (χ2n) is 4.01. The van der Waals surface area contributed by atoms with Crippen molar-refractivity contribution in [3.05, 3.63) is 22.7 Å². The van der Waals surface area contributed by atoms with Crippen LogP contribution in [0.2, 0.25) is 5.02 Å². The van der Waals surface area contributed by atoms with E-state index in [0.29, 0.717) is 5.02 Å². The Morgan fingerprint density at radius 2 is 2.12 bits per heavy atom. The van der Waals surface area contributed by atoms with Crippen molar-refractivity contribution in [1.29, 1.82) is 0 Å². The summed E-state index contributed by atoms with van der Waals surface area (Å²) in [6.07, 6.45) is 3.69. The molecule has 1 aromatic rings. The summed E-state index contributed by atoms with van der Waals surface area (Å²) in [4.78, 5) is 6.43. The number of halogens is 1. The molecule has 0 aliphatic heterocycles. The Labute approximate surface area is 108 Å². The molecule has 0 aliphatic carbocycles. The average Bonchev–Trinajstić information content (AvgIpc) is 2.30. The Kier molecular flexibility index (Phi) is 5.29. The van der Waals surface area contributed by atoms with Gasteiger partial charge in [-0.25, -0.2) is 4.99 Å². The van der Waals surface area contributed by atoms with E-state index in [1.165, 1.54) is 0 Å². The fourth-order valence-corrected chi connectivity index (χ4v) is 1.73. The molecule has 0 radical (unpaired) electrons. The fraction of sp³-hybridized carbons (Fsp3) is 0.462. The van der Waals surface area contributed by atoms with Gasteiger partial charge in [-0.3, -0.25) is 0 Å². The number of aromatic hydroxyl groups is 1. The van der Waals surface area contributed by atoms with Crippen LogP contribution in [0, 0.1) is 0 Å². The normalized spacial score (nSPS) is 11.1. The first kappa shape index (κ1) is 13.8. The molecule has 1 aromatic carbocycles. The van der Waals surface area contributed by atoms with Crippen molar-refractivity contribution in [3.63, 3.8) is 0 Å². The molecule has 0 aliphatic rings. The number of phenolic OH excluding ortho intramolecular Hbond substituents is 1. The third-order valence-corrected chi connectivity index (χ3v) is 2.80. The van der Waals surface area contributed by atoms with Crippen molar-refractivity contribution in [2.45, 2.75) is 26.7 Å². The van der Waals surface area contributed by atoms with E-state index < -0.39 is 0 Å². The van der Waals surface area contributed by atoms with E-state index in [-0.39, 0.29) is 5.75 Å². The maximum atomic E-state index is 9.52. The zero-order valence-corrected chi connectivity index (χ0v) is 11.3. The smallest absolute Gasteiger partial charge is 0.134 e. The Morgan fingerprint density at radius 1 is 1.41 bits per heavy atom. The van der Waals surface area contributed by atoms with Crippen LogP contribution in [0.1, 0.15) is 25.8 Å². The van der Waals surface area contributed by atoms with Crippen molar-refractivity contribution in [2.24, 2.45) is 4.99 Å². The van der Waals surface area contributed by atoms with Crippen LogP contribution in [0.5, 0.6) is 5.75 Å². The molecule has 0 saturated carbocycles.